The van der Waals surface area contributed by atoms with E-state index in [0.717, 1.165) is 115 Å². The fourth-order valence-electron chi connectivity index (χ4n) is 14.2. The lowest BCUT2D eigenvalue weighted by molar-refractivity contribution is -0.121. The Balaban J connectivity index is 0.644. The highest BCUT2D eigenvalue weighted by Gasteiger charge is 2.43. The number of fused-ring (bicyclic) bond motifs is 2. The van der Waals surface area contributed by atoms with Crippen LogP contribution in [-0.4, -0.2) is 196 Å². The molecule has 4 fully saturated rings. The van der Waals surface area contributed by atoms with Crippen LogP contribution >= 0.6 is 0 Å². The number of morpholine rings is 1. The SMILES string of the molecule is C[C@@H]1CN(CC(=O)N2CC(C)(C)c3[nH]c(=O)c(Cc4ccc(F)cc4)cc32)[C@@H](CN2CCN[C@H](COc3ccccc3-c3ccccc3OC[C@@H]3CN(C[C@H]4CN[C@H](C)CN4CC(=O)N4CC(C)(C)c5[nH]c(=O)c(Cc6ccc(F)cc6)cc54)CCO3)C2)CN1. The molecule has 0 saturated carbocycles. The Morgan fingerprint density at radius 1 is 0.589 bits per heavy atom. The van der Waals surface area contributed by atoms with Gasteiger partial charge in [0.05, 0.1) is 37.1 Å². The number of H-pyrrole nitrogens is 2. The van der Waals surface area contributed by atoms with E-state index in [1.54, 1.807) is 24.3 Å². The molecule has 0 unspecified atom stereocenters. The minimum Gasteiger partial charge on any atom is -0.491 e. The summed E-state index contributed by atoms with van der Waals surface area (Å²) < 4.78 is 47.2. The quantitative estimate of drug-likeness (QED) is 0.0647. The van der Waals surface area contributed by atoms with Crippen molar-refractivity contribution in [2.45, 2.75) is 102 Å². The Kier molecular flexibility index (Phi) is 18.9. The summed E-state index contributed by atoms with van der Waals surface area (Å²) in [6.07, 6.45) is 0.472. The summed E-state index contributed by atoms with van der Waals surface area (Å²) in [5, 5.41) is 11.0. The predicted octanol–water partition coefficient (Wildman–Crippen LogP) is 5.90. The molecule has 6 aromatic rings. The number of carbonyl (C=O) groups is 2. The number of amides is 2. The van der Waals surface area contributed by atoms with Gasteiger partial charge in [-0.25, -0.2) is 8.78 Å². The van der Waals surface area contributed by atoms with Crippen molar-refractivity contribution in [3.8, 4) is 22.6 Å². The van der Waals surface area contributed by atoms with Gasteiger partial charge in [0.15, 0.2) is 0 Å². The van der Waals surface area contributed by atoms with Crippen LogP contribution in [0.2, 0.25) is 0 Å². The Morgan fingerprint density at radius 2 is 1.06 bits per heavy atom. The molecular weight excluding hydrogens is 1140 g/mol. The number of nitrogens with zero attached hydrogens (tertiary/aromatic N) is 6. The Morgan fingerprint density at radius 3 is 1.56 bits per heavy atom. The Bertz CT molecular complexity index is 3420. The maximum Gasteiger partial charge on any atom is 0.251 e. The molecule has 6 aliphatic rings. The second kappa shape index (κ2) is 27.0. The number of aromatic nitrogens is 2. The van der Waals surface area contributed by atoms with E-state index < -0.39 is 10.8 Å². The van der Waals surface area contributed by atoms with Gasteiger partial charge in [0, 0.05) is 167 Å². The minimum absolute atomic E-state index is 0.00125. The van der Waals surface area contributed by atoms with Gasteiger partial charge in [-0.3, -0.25) is 38.8 Å². The third-order valence-corrected chi connectivity index (χ3v) is 19.0. The fourth-order valence-corrected chi connectivity index (χ4v) is 14.2. The summed E-state index contributed by atoms with van der Waals surface area (Å²) in [4.78, 5) is 75.2. The number of hydrogen-bond donors (Lipinski definition) is 5. The van der Waals surface area contributed by atoms with E-state index in [9.17, 15) is 28.0 Å². The summed E-state index contributed by atoms with van der Waals surface area (Å²) >= 11 is 0. The first-order chi connectivity index (χ1) is 43.3. The maximum absolute atomic E-state index is 14.5. The molecule has 4 saturated heterocycles. The first-order valence-corrected chi connectivity index (χ1v) is 32.1. The molecule has 0 radical (unpaired) electrons. The van der Waals surface area contributed by atoms with Crippen molar-refractivity contribution in [3.05, 3.63) is 175 Å². The summed E-state index contributed by atoms with van der Waals surface area (Å²) in [5.74, 6) is 0.827. The van der Waals surface area contributed by atoms with Gasteiger partial charge in [-0.15, -0.1) is 0 Å². The average Bonchev–Trinajstić information content (AvgIpc) is 1.72. The second-order valence-electron chi connectivity index (χ2n) is 27.2. The number of rotatable bonds is 19. The topological polar surface area (TPSA) is 183 Å². The summed E-state index contributed by atoms with van der Waals surface area (Å²) in [5.41, 5.74) is 6.27. The molecule has 4 aromatic carbocycles. The van der Waals surface area contributed by atoms with Crippen molar-refractivity contribution in [1.82, 2.24) is 45.5 Å². The molecule has 20 heteroatoms. The van der Waals surface area contributed by atoms with Gasteiger partial charge < -0.3 is 49.9 Å². The number of nitrogens with one attached hydrogen (secondary N) is 5. The molecule has 6 atom stereocenters. The monoisotopic (exact) mass is 1230 g/mol. The molecule has 2 aromatic heterocycles. The van der Waals surface area contributed by atoms with Gasteiger partial charge in [0.1, 0.15) is 42.5 Å². The van der Waals surface area contributed by atoms with Crippen molar-refractivity contribution in [2.24, 2.45) is 0 Å². The number of ether oxygens (including phenoxy) is 3. The average molecular weight is 1230 g/mol. The third-order valence-electron chi connectivity index (χ3n) is 19.0. The highest BCUT2D eigenvalue weighted by Crippen LogP contribution is 2.41. The number of halogens is 2. The number of anilines is 2. The van der Waals surface area contributed by atoms with Gasteiger partial charge in [-0.2, -0.15) is 0 Å². The summed E-state index contributed by atoms with van der Waals surface area (Å²) in [6, 6.07) is 32.9. The zero-order valence-electron chi connectivity index (χ0n) is 52.8. The zero-order chi connectivity index (χ0) is 62.8. The molecule has 0 aliphatic carbocycles. The van der Waals surface area contributed by atoms with E-state index in [2.05, 4.69) is 99.2 Å². The number of aromatic amines is 2. The normalized spacial score (nSPS) is 23.8. The van der Waals surface area contributed by atoms with Crippen molar-refractivity contribution in [1.29, 1.82) is 0 Å². The first kappa shape index (κ1) is 63.0. The minimum atomic E-state index is -0.448. The lowest BCUT2D eigenvalue weighted by Gasteiger charge is -2.43. The molecule has 12 rings (SSSR count). The van der Waals surface area contributed by atoms with Crippen LogP contribution in [0.3, 0.4) is 0 Å². The van der Waals surface area contributed by atoms with Gasteiger partial charge in [-0.1, -0.05) is 88.4 Å². The smallest absolute Gasteiger partial charge is 0.251 e. The number of benzene rings is 4. The van der Waals surface area contributed by atoms with Gasteiger partial charge >= 0.3 is 0 Å². The molecule has 6 aliphatic heterocycles. The molecular formula is C70H87F2N11O7. The summed E-state index contributed by atoms with van der Waals surface area (Å²) in [7, 11) is 0. The first-order valence-electron chi connectivity index (χ1n) is 32.1. The van der Waals surface area contributed by atoms with Crippen LogP contribution in [0, 0.1) is 11.6 Å². The summed E-state index contributed by atoms with van der Waals surface area (Å²) in [6.45, 7) is 23.6. The maximum atomic E-state index is 14.5. The predicted molar refractivity (Wildman–Crippen MR) is 346 cm³/mol. The van der Waals surface area contributed by atoms with Gasteiger partial charge in [0.2, 0.25) is 11.8 Å². The van der Waals surface area contributed by atoms with Crippen LogP contribution in [-0.2, 0) is 38.0 Å². The number of piperazine rings is 3. The van der Waals surface area contributed by atoms with Crippen LogP contribution in [0.5, 0.6) is 11.5 Å². The van der Waals surface area contributed by atoms with Crippen molar-refractivity contribution >= 4 is 23.2 Å². The van der Waals surface area contributed by atoms with Crippen molar-refractivity contribution in [3.63, 3.8) is 0 Å². The Labute approximate surface area is 526 Å². The third kappa shape index (κ3) is 14.5. The van der Waals surface area contributed by atoms with Crippen LogP contribution in [0.25, 0.3) is 11.1 Å². The van der Waals surface area contributed by atoms with E-state index in [1.165, 1.54) is 24.3 Å². The highest BCUT2D eigenvalue weighted by atomic mass is 19.1. The van der Waals surface area contributed by atoms with E-state index >= 15 is 0 Å². The number of hydrogen-bond acceptors (Lipinski definition) is 14. The molecule has 2 amide bonds. The van der Waals surface area contributed by atoms with E-state index in [0.29, 0.717) is 70.0 Å². The zero-order valence-corrected chi connectivity index (χ0v) is 52.8. The lowest BCUT2D eigenvalue weighted by atomic mass is 9.91. The van der Waals surface area contributed by atoms with E-state index in [-0.39, 0.29) is 84.0 Å². The molecule has 90 heavy (non-hydrogen) atoms. The Hall–Kier alpha value is -7.14. The highest BCUT2D eigenvalue weighted by molar-refractivity contribution is 5.98. The molecule has 18 nitrogen and oxygen atoms in total. The largest absolute Gasteiger partial charge is 0.491 e. The molecule has 478 valence electrons. The second-order valence-corrected chi connectivity index (χ2v) is 27.2. The van der Waals surface area contributed by atoms with Crippen LogP contribution in [0.1, 0.15) is 75.2 Å². The van der Waals surface area contributed by atoms with Crippen LogP contribution in [0.15, 0.2) is 119 Å². The molecule has 5 N–H and O–H groups in total. The molecule has 8 heterocycles. The van der Waals surface area contributed by atoms with Gasteiger partial charge in [-0.05, 0) is 73.5 Å². The van der Waals surface area contributed by atoms with Crippen molar-refractivity contribution < 1.29 is 32.6 Å². The molecule has 0 spiro atoms. The number of carbonyl (C=O) groups excluding carboxylic acids is 2. The van der Waals surface area contributed by atoms with Crippen LogP contribution in [0.4, 0.5) is 20.2 Å². The fraction of sp³-hybridized carbons (Fsp3) is 0.486. The number of pyridine rings is 2. The van der Waals surface area contributed by atoms with E-state index in [4.69, 9.17) is 14.2 Å². The standard InChI is InChI=1S/C70H87F2N11O7/c1-45-33-80(39-63(84)82-43-69(3,4)65-59(82)29-49(67(86)76-65)27-47-15-19-51(71)20-16-47)54(31-74-45)36-78-24-23-73-53(35-78)41-89-61-13-9-7-11-57(61)58-12-8-10-14-62(58)90-42-56-38-79(25-26-88-56)37-55-32-75-46(2)34-81(55)40-64(85)83-44-70(5,6)66-60(83)30-50(68(87)77-66)28-48-17-21-52(72)22-18-48/h7-22,29-30,45-46,53-56,73-75H,23-28,31-44H2,1-6H3,(H,76,86)(H,77,87)/t45-,46-,53+,54-,55-,56+/m1/s1. The van der Waals surface area contributed by atoms with Crippen LogP contribution < -0.4 is 46.3 Å². The van der Waals surface area contributed by atoms with Gasteiger partial charge in [0.25, 0.3) is 11.1 Å². The number of para-hydroxylation sites is 2. The molecule has 0 bridgehead atoms. The van der Waals surface area contributed by atoms with Crippen molar-refractivity contribution in [2.75, 3.05) is 128 Å². The lowest BCUT2D eigenvalue weighted by Crippen LogP contribution is -2.63. The van der Waals surface area contributed by atoms with E-state index in [1.807, 2.05) is 58.3 Å².